The Morgan fingerprint density at radius 1 is 0.714 bits per heavy atom. The van der Waals surface area contributed by atoms with E-state index in [1.54, 1.807) is 19.6 Å². The van der Waals surface area contributed by atoms with E-state index >= 15 is 0 Å². The predicted molar refractivity (Wildman–Crippen MR) is 107 cm³/mol. The van der Waals surface area contributed by atoms with E-state index in [1.807, 2.05) is 66.7 Å². The maximum Gasteiger partial charge on any atom is 0.154 e. The first-order valence-electron chi connectivity index (χ1n) is 8.86. The van der Waals surface area contributed by atoms with Crippen molar-refractivity contribution in [2.45, 2.75) is 0 Å². The van der Waals surface area contributed by atoms with Gasteiger partial charge in [-0.15, -0.1) is 0 Å². The zero-order valence-electron chi connectivity index (χ0n) is 15.1. The lowest BCUT2D eigenvalue weighted by Gasteiger charge is -2.10. The van der Waals surface area contributed by atoms with Crippen LogP contribution in [-0.4, -0.2) is 17.1 Å². The van der Waals surface area contributed by atoms with Gasteiger partial charge in [0.1, 0.15) is 17.1 Å². The molecular weight excluding hydrogens is 352 g/mol. The number of nitrogens with zero attached hydrogens (tertiary/aromatic N) is 2. The maximum atomic E-state index is 5.59. The highest BCUT2D eigenvalue weighted by molar-refractivity contribution is 5.87. The van der Waals surface area contributed by atoms with Gasteiger partial charge in [-0.05, 0) is 48.0 Å². The predicted octanol–water partition coefficient (Wildman–Crippen LogP) is 5.83. The highest BCUT2D eigenvalue weighted by atomic mass is 16.5. The number of furan rings is 2. The monoisotopic (exact) mass is 368 g/mol. The molecule has 0 saturated carbocycles. The lowest BCUT2D eigenvalue weighted by atomic mass is 10.0. The molecule has 0 amide bonds. The largest absolute Gasteiger partial charge is 0.496 e. The molecule has 3 heterocycles. The van der Waals surface area contributed by atoms with Gasteiger partial charge >= 0.3 is 0 Å². The standard InChI is InChI=1S/C23H16N2O3/c1-26-19-7-3-2-6-16(19)15-10-11-17-18(14-15)25-23(21-9-5-13-28-21)22(24-17)20-8-4-12-27-20/h2-14H,1H3. The summed E-state index contributed by atoms with van der Waals surface area (Å²) in [5.41, 5.74) is 4.85. The molecule has 0 spiro atoms. The molecule has 0 fully saturated rings. The van der Waals surface area contributed by atoms with Gasteiger partial charge in [-0.25, -0.2) is 9.97 Å². The van der Waals surface area contributed by atoms with Gasteiger partial charge < -0.3 is 13.6 Å². The molecule has 3 aromatic heterocycles. The van der Waals surface area contributed by atoms with Crippen molar-refractivity contribution in [1.82, 2.24) is 9.97 Å². The Hall–Kier alpha value is -3.86. The Morgan fingerprint density at radius 2 is 1.39 bits per heavy atom. The van der Waals surface area contributed by atoms with Crippen LogP contribution in [0.25, 0.3) is 45.1 Å². The molecule has 0 atom stereocenters. The van der Waals surface area contributed by atoms with Crippen molar-refractivity contribution in [2.24, 2.45) is 0 Å². The van der Waals surface area contributed by atoms with E-state index in [0.717, 1.165) is 27.9 Å². The SMILES string of the molecule is COc1ccccc1-c1ccc2nc(-c3ccco3)c(-c3ccco3)nc2c1. The van der Waals surface area contributed by atoms with Crippen molar-refractivity contribution < 1.29 is 13.6 Å². The van der Waals surface area contributed by atoms with E-state index in [4.69, 9.17) is 23.5 Å². The highest BCUT2D eigenvalue weighted by Gasteiger charge is 2.17. The van der Waals surface area contributed by atoms with Gasteiger partial charge in [0.2, 0.25) is 0 Å². The third kappa shape index (κ3) is 2.74. The molecule has 0 radical (unpaired) electrons. The molecule has 5 nitrogen and oxygen atoms in total. The van der Waals surface area contributed by atoms with Crippen LogP contribution in [0.5, 0.6) is 5.75 Å². The zero-order valence-corrected chi connectivity index (χ0v) is 15.1. The quantitative estimate of drug-likeness (QED) is 0.400. The Labute approximate surface area is 161 Å². The first-order chi connectivity index (χ1) is 13.8. The number of hydrogen-bond donors (Lipinski definition) is 0. The summed E-state index contributed by atoms with van der Waals surface area (Å²) in [5, 5.41) is 0. The summed E-state index contributed by atoms with van der Waals surface area (Å²) < 4.78 is 16.7. The minimum Gasteiger partial charge on any atom is -0.496 e. The molecule has 0 saturated heterocycles. The number of ether oxygens (including phenoxy) is 1. The van der Waals surface area contributed by atoms with Crippen LogP contribution in [0.2, 0.25) is 0 Å². The summed E-state index contributed by atoms with van der Waals surface area (Å²) in [7, 11) is 1.67. The number of rotatable bonds is 4. The second-order valence-electron chi connectivity index (χ2n) is 6.28. The second-order valence-corrected chi connectivity index (χ2v) is 6.28. The molecule has 5 aromatic rings. The van der Waals surface area contributed by atoms with Gasteiger partial charge in [-0.3, -0.25) is 0 Å². The van der Waals surface area contributed by atoms with E-state index in [0.29, 0.717) is 22.9 Å². The van der Waals surface area contributed by atoms with Crippen molar-refractivity contribution >= 4 is 11.0 Å². The van der Waals surface area contributed by atoms with Crippen LogP contribution in [0.15, 0.2) is 88.1 Å². The number of hydrogen-bond acceptors (Lipinski definition) is 5. The molecule has 0 bridgehead atoms. The summed E-state index contributed by atoms with van der Waals surface area (Å²) in [4.78, 5) is 9.66. The topological polar surface area (TPSA) is 61.3 Å². The van der Waals surface area contributed by atoms with Crippen molar-refractivity contribution in [3.63, 3.8) is 0 Å². The molecule has 0 aliphatic heterocycles. The molecule has 0 N–H and O–H groups in total. The van der Waals surface area contributed by atoms with Crippen molar-refractivity contribution in [3.8, 4) is 39.8 Å². The smallest absolute Gasteiger partial charge is 0.154 e. The van der Waals surface area contributed by atoms with Crippen LogP contribution in [-0.2, 0) is 0 Å². The highest BCUT2D eigenvalue weighted by Crippen LogP contribution is 2.34. The van der Waals surface area contributed by atoms with Gasteiger partial charge in [0.05, 0.1) is 30.7 Å². The van der Waals surface area contributed by atoms with E-state index < -0.39 is 0 Å². The number of fused-ring (bicyclic) bond motifs is 1. The van der Waals surface area contributed by atoms with Gasteiger partial charge in [0.15, 0.2) is 11.5 Å². The molecular formula is C23H16N2O3. The van der Waals surface area contributed by atoms with Crippen LogP contribution in [0.3, 0.4) is 0 Å². The van der Waals surface area contributed by atoms with Gasteiger partial charge in [0, 0.05) is 5.56 Å². The number of methoxy groups -OCH3 is 1. The van der Waals surface area contributed by atoms with Crippen molar-refractivity contribution in [3.05, 3.63) is 79.3 Å². The fourth-order valence-electron chi connectivity index (χ4n) is 3.28. The van der Waals surface area contributed by atoms with Crippen molar-refractivity contribution in [2.75, 3.05) is 7.11 Å². The van der Waals surface area contributed by atoms with Crippen LogP contribution in [0.4, 0.5) is 0 Å². The number of benzene rings is 2. The Bertz CT molecular complexity index is 1240. The van der Waals surface area contributed by atoms with E-state index in [1.165, 1.54) is 0 Å². The molecule has 0 aliphatic rings. The maximum absolute atomic E-state index is 5.59. The van der Waals surface area contributed by atoms with E-state index in [9.17, 15) is 0 Å². The third-order valence-corrected chi connectivity index (χ3v) is 4.59. The second kappa shape index (κ2) is 6.70. The van der Waals surface area contributed by atoms with Crippen molar-refractivity contribution in [1.29, 1.82) is 0 Å². The summed E-state index contributed by atoms with van der Waals surface area (Å²) in [5.74, 6) is 2.10. The molecule has 2 aromatic carbocycles. The van der Waals surface area contributed by atoms with Crippen LogP contribution >= 0.6 is 0 Å². The van der Waals surface area contributed by atoms with Gasteiger partial charge in [0.25, 0.3) is 0 Å². The first-order valence-corrected chi connectivity index (χ1v) is 8.86. The lowest BCUT2D eigenvalue weighted by molar-refractivity contribution is 0.416. The molecule has 0 aliphatic carbocycles. The van der Waals surface area contributed by atoms with E-state index in [2.05, 4.69) is 0 Å². The molecule has 28 heavy (non-hydrogen) atoms. The van der Waals surface area contributed by atoms with Gasteiger partial charge in [-0.1, -0.05) is 24.3 Å². The zero-order chi connectivity index (χ0) is 18.9. The average molecular weight is 368 g/mol. The van der Waals surface area contributed by atoms with Crippen LogP contribution in [0.1, 0.15) is 0 Å². The summed E-state index contributed by atoms with van der Waals surface area (Å²) in [6.07, 6.45) is 3.25. The average Bonchev–Trinajstić information content (AvgIpc) is 3.46. The number of aromatic nitrogens is 2. The Balaban J connectivity index is 1.73. The molecule has 5 rings (SSSR count). The summed E-state index contributed by atoms with van der Waals surface area (Å²) >= 11 is 0. The first kappa shape index (κ1) is 16.3. The molecule has 5 heteroatoms. The summed E-state index contributed by atoms with van der Waals surface area (Å²) in [6, 6.07) is 21.3. The minimum absolute atomic E-state index is 0.642. The third-order valence-electron chi connectivity index (χ3n) is 4.59. The van der Waals surface area contributed by atoms with Crippen LogP contribution in [0, 0.1) is 0 Å². The molecule has 0 unspecified atom stereocenters. The fraction of sp³-hybridized carbons (Fsp3) is 0.0435. The lowest BCUT2D eigenvalue weighted by Crippen LogP contribution is -1.95. The van der Waals surface area contributed by atoms with E-state index in [-0.39, 0.29) is 0 Å². The van der Waals surface area contributed by atoms with Gasteiger partial charge in [-0.2, -0.15) is 0 Å². The number of para-hydroxylation sites is 1. The Morgan fingerprint density at radius 3 is 2.04 bits per heavy atom. The summed E-state index contributed by atoms with van der Waals surface area (Å²) in [6.45, 7) is 0. The molecule has 136 valence electrons. The Kier molecular flexibility index (Phi) is 3.91. The normalized spacial score (nSPS) is 11.0. The minimum atomic E-state index is 0.642. The fourth-order valence-corrected chi connectivity index (χ4v) is 3.28. The van der Waals surface area contributed by atoms with Crippen LogP contribution < -0.4 is 4.74 Å².